The fraction of sp³-hybridized carbons (Fsp3) is 0.455. The first kappa shape index (κ1) is 12.3. The summed E-state index contributed by atoms with van der Waals surface area (Å²) in [6.45, 7) is 0.976. The van der Waals surface area contributed by atoms with Gasteiger partial charge in [-0.05, 0) is 18.2 Å². The standard InChI is InChI=1S/C11H15ClN2S2/c12-8-1-2-11(10(13)5-8)14-6-9-7-15-3-4-16-9/h1-2,5,9,14H,3-4,6-7,13H2. The van der Waals surface area contributed by atoms with Gasteiger partial charge in [-0.3, -0.25) is 0 Å². The summed E-state index contributed by atoms with van der Waals surface area (Å²) in [5.41, 5.74) is 7.59. The lowest BCUT2D eigenvalue weighted by molar-refractivity contribution is 1.01. The topological polar surface area (TPSA) is 38.0 Å². The highest BCUT2D eigenvalue weighted by Crippen LogP contribution is 2.26. The maximum atomic E-state index is 5.88. The van der Waals surface area contributed by atoms with E-state index in [1.807, 2.05) is 35.7 Å². The van der Waals surface area contributed by atoms with Gasteiger partial charge < -0.3 is 11.1 Å². The Hall–Kier alpha value is -0.190. The van der Waals surface area contributed by atoms with Crippen LogP contribution in [0.4, 0.5) is 11.4 Å². The zero-order valence-electron chi connectivity index (χ0n) is 8.91. The van der Waals surface area contributed by atoms with E-state index in [0.717, 1.165) is 17.9 Å². The summed E-state index contributed by atoms with van der Waals surface area (Å²) in [6.07, 6.45) is 0. The highest BCUT2D eigenvalue weighted by atomic mass is 35.5. The third kappa shape index (κ3) is 3.40. The molecule has 88 valence electrons. The Balaban J connectivity index is 1.88. The second-order valence-electron chi connectivity index (χ2n) is 3.68. The molecule has 1 aliphatic rings. The van der Waals surface area contributed by atoms with E-state index >= 15 is 0 Å². The molecule has 2 nitrogen and oxygen atoms in total. The van der Waals surface area contributed by atoms with E-state index in [1.165, 1.54) is 17.3 Å². The number of rotatable bonds is 3. The fourth-order valence-corrected chi connectivity index (χ4v) is 4.37. The number of thioether (sulfide) groups is 2. The number of halogens is 1. The van der Waals surface area contributed by atoms with Crippen LogP contribution in [0.25, 0.3) is 0 Å². The highest BCUT2D eigenvalue weighted by molar-refractivity contribution is 8.06. The van der Waals surface area contributed by atoms with Gasteiger partial charge in [-0.15, -0.1) is 0 Å². The lowest BCUT2D eigenvalue weighted by Crippen LogP contribution is -2.23. The molecule has 3 N–H and O–H groups in total. The maximum Gasteiger partial charge on any atom is 0.0575 e. The first-order valence-corrected chi connectivity index (χ1v) is 7.82. The average Bonchev–Trinajstić information content (AvgIpc) is 2.29. The largest absolute Gasteiger partial charge is 0.397 e. The molecule has 1 fully saturated rings. The molecule has 1 unspecified atom stereocenters. The van der Waals surface area contributed by atoms with Gasteiger partial charge >= 0.3 is 0 Å². The van der Waals surface area contributed by atoms with E-state index in [-0.39, 0.29) is 0 Å². The summed E-state index contributed by atoms with van der Waals surface area (Å²) in [6, 6.07) is 5.59. The second kappa shape index (κ2) is 5.94. The van der Waals surface area contributed by atoms with Crippen molar-refractivity contribution in [1.29, 1.82) is 0 Å². The van der Waals surface area contributed by atoms with Crippen molar-refractivity contribution in [2.75, 3.05) is 34.9 Å². The molecule has 1 saturated heterocycles. The SMILES string of the molecule is Nc1cc(Cl)ccc1NCC1CSCCS1. The van der Waals surface area contributed by atoms with Crippen LogP contribution in [0.1, 0.15) is 0 Å². The normalized spacial score (nSPS) is 20.7. The summed E-state index contributed by atoms with van der Waals surface area (Å²) < 4.78 is 0. The zero-order chi connectivity index (χ0) is 11.4. The van der Waals surface area contributed by atoms with Gasteiger partial charge in [0.25, 0.3) is 0 Å². The third-order valence-corrected chi connectivity index (χ3v) is 5.50. The van der Waals surface area contributed by atoms with Crippen LogP contribution >= 0.6 is 35.1 Å². The fourth-order valence-electron chi connectivity index (χ4n) is 1.57. The minimum atomic E-state index is 0.686. The Morgan fingerprint density at radius 1 is 1.44 bits per heavy atom. The van der Waals surface area contributed by atoms with E-state index in [0.29, 0.717) is 10.3 Å². The van der Waals surface area contributed by atoms with Gasteiger partial charge in [0.2, 0.25) is 0 Å². The van der Waals surface area contributed by atoms with E-state index in [1.54, 1.807) is 6.07 Å². The van der Waals surface area contributed by atoms with E-state index in [2.05, 4.69) is 5.32 Å². The Morgan fingerprint density at radius 3 is 3.00 bits per heavy atom. The van der Waals surface area contributed by atoms with Crippen LogP contribution in [-0.2, 0) is 0 Å². The van der Waals surface area contributed by atoms with Gasteiger partial charge in [-0.1, -0.05) is 11.6 Å². The smallest absolute Gasteiger partial charge is 0.0575 e. The van der Waals surface area contributed by atoms with E-state index in [9.17, 15) is 0 Å². The molecule has 0 amide bonds. The van der Waals surface area contributed by atoms with E-state index in [4.69, 9.17) is 17.3 Å². The first-order valence-electron chi connectivity index (χ1n) is 5.24. The molecule has 0 spiro atoms. The van der Waals surface area contributed by atoms with Crippen molar-refractivity contribution < 1.29 is 0 Å². The lowest BCUT2D eigenvalue weighted by atomic mass is 10.2. The van der Waals surface area contributed by atoms with Crippen molar-refractivity contribution in [3.8, 4) is 0 Å². The number of nitrogens with one attached hydrogen (secondary N) is 1. The van der Waals surface area contributed by atoms with Crippen molar-refractivity contribution in [3.63, 3.8) is 0 Å². The van der Waals surface area contributed by atoms with Crippen LogP contribution in [0.3, 0.4) is 0 Å². The Kier molecular flexibility index (Phi) is 4.55. The molecule has 1 aromatic rings. The van der Waals surface area contributed by atoms with Crippen LogP contribution in [0.15, 0.2) is 18.2 Å². The van der Waals surface area contributed by atoms with Gasteiger partial charge in [-0.2, -0.15) is 23.5 Å². The first-order chi connectivity index (χ1) is 7.75. The molecule has 5 heteroatoms. The molecule has 1 aromatic carbocycles. The molecular weight excluding hydrogens is 260 g/mol. The summed E-state index contributed by atoms with van der Waals surface area (Å²) in [7, 11) is 0. The van der Waals surface area contributed by atoms with Crippen LogP contribution in [0.5, 0.6) is 0 Å². The summed E-state index contributed by atoms with van der Waals surface area (Å²) in [5.74, 6) is 3.77. The van der Waals surface area contributed by atoms with Gasteiger partial charge in [0.15, 0.2) is 0 Å². The third-order valence-electron chi connectivity index (χ3n) is 2.42. The molecule has 0 aliphatic carbocycles. The van der Waals surface area contributed by atoms with Crippen LogP contribution < -0.4 is 11.1 Å². The molecule has 16 heavy (non-hydrogen) atoms. The van der Waals surface area contributed by atoms with E-state index < -0.39 is 0 Å². The minimum Gasteiger partial charge on any atom is -0.397 e. The molecule has 0 bridgehead atoms. The van der Waals surface area contributed by atoms with Crippen molar-refractivity contribution in [2.24, 2.45) is 0 Å². The molecule has 1 aliphatic heterocycles. The summed E-state index contributed by atoms with van der Waals surface area (Å²) in [5, 5.41) is 4.77. The van der Waals surface area contributed by atoms with Crippen molar-refractivity contribution >= 4 is 46.5 Å². The van der Waals surface area contributed by atoms with Gasteiger partial charge in [0, 0.05) is 34.1 Å². The quantitative estimate of drug-likeness (QED) is 0.831. The van der Waals surface area contributed by atoms with Gasteiger partial charge in [-0.25, -0.2) is 0 Å². The predicted molar refractivity (Wildman–Crippen MR) is 77.9 cm³/mol. The van der Waals surface area contributed by atoms with Crippen LogP contribution in [0.2, 0.25) is 5.02 Å². The number of hydrogen-bond donors (Lipinski definition) is 2. The Labute approximate surface area is 110 Å². The second-order valence-corrected chi connectivity index (χ2v) is 6.67. The van der Waals surface area contributed by atoms with Crippen LogP contribution in [-0.4, -0.2) is 29.1 Å². The number of anilines is 2. The maximum absolute atomic E-state index is 5.88. The van der Waals surface area contributed by atoms with Crippen molar-refractivity contribution in [3.05, 3.63) is 23.2 Å². The summed E-state index contributed by atoms with van der Waals surface area (Å²) >= 11 is 9.92. The lowest BCUT2D eigenvalue weighted by Gasteiger charge is -2.22. The number of nitrogen functional groups attached to an aromatic ring is 1. The van der Waals surface area contributed by atoms with Gasteiger partial charge in [0.05, 0.1) is 11.4 Å². The highest BCUT2D eigenvalue weighted by Gasteiger charge is 2.14. The predicted octanol–water partition coefficient (Wildman–Crippen LogP) is 3.18. The number of hydrogen-bond acceptors (Lipinski definition) is 4. The number of nitrogens with two attached hydrogens (primary N) is 1. The molecular formula is C11H15ClN2S2. The Morgan fingerprint density at radius 2 is 2.31 bits per heavy atom. The monoisotopic (exact) mass is 274 g/mol. The molecule has 0 radical (unpaired) electrons. The zero-order valence-corrected chi connectivity index (χ0v) is 11.3. The molecule has 1 heterocycles. The molecule has 1 atom stereocenters. The molecule has 0 aromatic heterocycles. The summed E-state index contributed by atoms with van der Waals surface area (Å²) in [4.78, 5) is 0. The Bertz CT molecular complexity index is 354. The minimum absolute atomic E-state index is 0.686. The number of benzene rings is 1. The molecule has 0 saturated carbocycles. The average molecular weight is 275 g/mol. The molecule has 2 rings (SSSR count). The van der Waals surface area contributed by atoms with Crippen molar-refractivity contribution in [2.45, 2.75) is 5.25 Å². The van der Waals surface area contributed by atoms with Crippen molar-refractivity contribution in [1.82, 2.24) is 0 Å². The van der Waals surface area contributed by atoms with Gasteiger partial charge in [0.1, 0.15) is 0 Å². The van der Waals surface area contributed by atoms with Crippen LogP contribution in [0, 0.1) is 0 Å².